The second-order valence-corrected chi connectivity index (χ2v) is 4.64. The van der Waals surface area contributed by atoms with Crippen LogP contribution in [0.5, 0.6) is 0 Å². The summed E-state index contributed by atoms with van der Waals surface area (Å²) in [5, 5.41) is 10.4. The van der Waals surface area contributed by atoms with Crippen LogP contribution in [0.1, 0.15) is 17.2 Å². The molecule has 1 aromatic heterocycles. The van der Waals surface area contributed by atoms with E-state index in [1.165, 1.54) is 12.3 Å². The largest absolute Gasteiger partial charge is 0.388 e. The average molecular weight is 286 g/mol. The van der Waals surface area contributed by atoms with Crippen molar-refractivity contribution in [3.63, 3.8) is 0 Å². The molecule has 94 valence electrons. The molecule has 2 rings (SSSR count). The molecule has 0 aliphatic heterocycles. The molecule has 2 nitrogen and oxygen atoms in total. The van der Waals surface area contributed by atoms with Gasteiger partial charge >= 0.3 is 0 Å². The van der Waals surface area contributed by atoms with E-state index in [1.807, 2.05) is 0 Å². The molecule has 0 saturated carbocycles. The first-order valence-corrected chi connectivity index (χ1v) is 6.06. The van der Waals surface area contributed by atoms with Crippen molar-refractivity contribution in [1.29, 1.82) is 0 Å². The summed E-state index contributed by atoms with van der Waals surface area (Å²) in [6.07, 6.45) is 0.758. The minimum Gasteiger partial charge on any atom is -0.388 e. The Morgan fingerprint density at radius 1 is 1.22 bits per heavy atom. The molecule has 5 heteroatoms. The fraction of sp³-hybridized carbons (Fsp3) is 0.154. The van der Waals surface area contributed by atoms with Gasteiger partial charge in [0.15, 0.2) is 0 Å². The third-order valence-corrected chi connectivity index (χ3v) is 3.10. The standard InChI is InChI=1S/C13H10Cl2FNO/c14-10-3-1-2-8(13(10)16)6-11(18)9-4-5-12(15)17-7-9/h1-5,7,11,18H,6H2. The summed E-state index contributed by atoms with van der Waals surface area (Å²) in [7, 11) is 0. The van der Waals surface area contributed by atoms with Gasteiger partial charge in [-0.1, -0.05) is 41.4 Å². The van der Waals surface area contributed by atoms with E-state index in [9.17, 15) is 9.50 Å². The second kappa shape index (κ2) is 5.65. The van der Waals surface area contributed by atoms with Crippen LogP contribution in [-0.2, 0) is 6.42 Å². The topological polar surface area (TPSA) is 33.1 Å². The lowest BCUT2D eigenvalue weighted by molar-refractivity contribution is 0.176. The van der Waals surface area contributed by atoms with E-state index in [4.69, 9.17) is 23.2 Å². The Kier molecular flexibility index (Phi) is 4.17. The van der Waals surface area contributed by atoms with E-state index in [-0.39, 0.29) is 11.4 Å². The third kappa shape index (κ3) is 2.99. The molecule has 0 saturated heterocycles. The first kappa shape index (κ1) is 13.3. The van der Waals surface area contributed by atoms with Crippen LogP contribution < -0.4 is 0 Å². The van der Waals surface area contributed by atoms with Crippen molar-refractivity contribution in [2.45, 2.75) is 12.5 Å². The Balaban J connectivity index is 2.18. The van der Waals surface area contributed by atoms with Crippen molar-refractivity contribution in [2.24, 2.45) is 0 Å². The molecule has 0 spiro atoms. The number of nitrogens with zero attached hydrogens (tertiary/aromatic N) is 1. The second-order valence-electron chi connectivity index (χ2n) is 3.85. The fourth-order valence-corrected chi connectivity index (χ4v) is 1.92. The lowest BCUT2D eigenvalue weighted by atomic mass is 10.0. The van der Waals surface area contributed by atoms with Gasteiger partial charge in [0.05, 0.1) is 11.1 Å². The molecule has 1 N–H and O–H groups in total. The summed E-state index contributed by atoms with van der Waals surface area (Å²) in [6, 6.07) is 7.94. The monoisotopic (exact) mass is 285 g/mol. The zero-order valence-electron chi connectivity index (χ0n) is 9.28. The van der Waals surface area contributed by atoms with E-state index >= 15 is 0 Å². The minimum atomic E-state index is -0.845. The molecule has 1 heterocycles. The Bertz CT molecular complexity index is 545. The van der Waals surface area contributed by atoms with E-state index in [2.05, 4.69) is 4.98 Å². The van der Waals surface area contributed by atoms with Crippen LogP contribution in [0.15, 0.2) is 36.5 Å². The van der Waals surface area contributed by atoms with Crippen molar-refractivity contribution >= 4 is 23.2 Å². The van der Waals surface area contributed by atoms with Crippen molar-refractivity contribution in [2.75, 3.05) is 0 Å². The van der Waals surface area contributed by atoms with Crippen molar-refractivity contribution in [3.8, 4) is 0 Å². The molecule has 2 aromatic rings. The number of rotatable bonds is 3. The van der Waals surface area contributed by atoms with Crippen LogP contribution in [0, 0.1) is 5.82 Å². The highest BCUT2D eigenvalue weighted by Gasteiger charge is 2.13. The molecule has 0 bridgehead atoms. The van der Waals surface area contributed by atoms with Crippen LogP contribution in [0.2, 0.25) is 10.2 Å². The number of halogens is 3. The number of aliphatic hydroxyl groups is 1. The van der Waals surface area contributed by atoms with Gasteiger partial charge in [0.25, 0.3) is 0 Å². The predicted octanol–water partition coefficient (Wildman–Crippen LogP) is 3.80. The SMILES string of the molecule is OC(Cc1cccc(Cl)c1F)c1ccc(Cl)nc1. The maximum atomic E-state index is 13.7. The number of hydrogen-bond donors (Lipinski definition) is 1. The number of pyridine rings is 1. The molecule has 18 heavy (non-hydrogen) atoms. The summed E-state index contributed by atoms with van der Waals surface area (Å²) >= 11 is 11.3. The number of benzene rings is 1. The Labute approximate surface area is 114 Å². The first-order chi connectivity index (χ1) is 8.58. The van der Waals surface area contributed by atoms with E-state index < -0.39 is 11.9 Å². The van der Waals surface area contributed by atoms with Gasteiger partial charge < -0.3 is 5.11 Å². The van der Waals surface area contributed by atoms with Crippen molar-refractivity contribution < 1.29 is 9.50 Å². The van der Waals surface area contributed by atoms with Crippen molar-refractivity contribution in [3.05, 3.63) is 63.6 Å². The van der Waals surface area contributed by atoms with Crippen LogP contribution in [0.25, 0.3) is 0 Å². The Morgan fingerprint density at radius 3 is 2.67 bits per heavy atom. The normalized spacial score (nSPS) is 12.4. The zero-order valence-corrected chi connectivity index (χ0v) is 10.8. The zero-order chi connectivity index (χ0) is 13.1. The summed E-state index contributed by atoms with van der Waals surface area (Å²) < 4.78 is 13.7. The van der Waals surface area contributed by atoms with Gasteiger partial charge in [-0.15, -0.1) is 0 Å². The molecular weight excluding hydrogens is 276 g/mol. The lowest BCUT2D eigenvalue weighted by Crippen LogP contribution is -2.04. The highest BCUT2D eigenvalue weighted by Crippen LogP contribution is 2.24. The number of aromatic nitrogens is 1. The van der Waals surface area contributed by atoms with Gasteiger partial charge in [0.1, 0.15) is 11.0 Å². The van der Waals surface area contributed by atoms with Gasteiger partial charge in [-0.05, 0) is 23.3 Å². The van der Waals surface area contributed by atoms with Gasteiger partial charge in [0.2, 0.25) is 0 Å². The molecule has 1 unspecified atom stereocenters. The molecule has 0 fully saturated rings. The lowest BCUT2D eigenvalue weighted by Gasteiger charge is -2.11. The predicted molar refractivity (Wildman–Crippen MR) is 69.3 cm³/mol. The Morgan fingerprint density at radius 2 is 2.00 bits per heavy atom. The third-order valence-electron chi connectivity index (χ3n) is 2.58. The van der Waals surface area contributed by atoms with Crippen molar-refractivity contribution in [1.82, 2.24) is 4.98 Å². The summed E-state index contributed by atoms with van der Waals surface area (Å²) in [5.41, 5.74) is 0.948. The highest BCUT2D eigenvalue weighted by atomic mass is 35.5. The van der Waals surface area contributed by atoms with Gasteiger partial charge in [0, 0.05) is 12.6 Å². The van der Waals surface area contributed by atoms with Crippen LogP contribution in [-0.4, -0.2) is 10.1 Å². The van der Waals surface area contributed by atoms with E-state index in [1.54, 1.807) is 24.3 Å². The molecule has 1 aromatic carbocycles. The van der Waals surface area contributed by atoms with E-state index in [0.717, 1.165) is 0 Å². The Hall–Kier alpha value is -1.16. The maximum Gasteiger partial charge on any atom is 0.145 e. The summed E-state index contributed by atoms with van der Waals surface area (Å²) in [4.78, 5) is 3.87. The fourth-order valence-electron chi connectivity index (χ4n) is 1.62. The van der Waals surface area contributed by atoms with Crippen LogP contribution in [0.4, 0.5) is 4.39 Å². The maximum absolute atomic E-state index is 13.7. The molecule has 1 atom stereocenters. The summed E-state index contributed by atoms with van der Waals surface area (Å²) in [6.45, 7) is 0. The van der Waals surface area contributed by atoms with E-state index in [0.29, 0.717) is 16.3 Å². The molecule has 0 aliphatic carbocycles. The average Bonchev–Trinajstić information content (AvgIpc) is 2.36. The smallest absolute Gasteiger partial charge is 0.145 e. The van der Waals surface area contributed by atoms with Gasteiger partial charge in [-0.2, -0.15) is 0 Å². The first-order valence-electron chi connectivity index (χ1n) is 5.30. The van der Waals surface area contributed by atoms with Gasteiger partial charge in [-0.25, -0.2) is 9.37 Å². The van der Waals surface area contributed by atoms with Crippen LogP contribution >= 0.6 is 23.2 Å². The quantitative estimate of drug-likeness (QED) is 0.870. The van der Waals surface area contributed by atoms with Crippen LogP contribution in [0.3, 0.4) is 0 Å². The molecule has 0 amide bonds. The van der Waals surface area contributed by atoms with Gasteiger partial charge in [-0.3, -0.25) is 0 Å². The number of aliphatic hydroxyl groups excluding tert-OH is 1. The molecule has 0 radical (unpaired) electrons. The molecular formula is C13H10Cl2FNO. The number of hydrogen-bond acceptors (Lipinski definition) is 2. The summed E-state index contributed by atoms with van der Waals surface area (Å²) in [5.74, 6) is -0.500. The molecule has 0 aliphatic rings. The highest BCUT2D eigenvalue weighted by molar-refractivity contribution is 6.30. The minimum absolute atomic E-state index is 0.0499.